The van der Waals surface area contributed by atoms with E-state index >= 15 is 0 Å². The molecule has 0 atom stereocenters. The van der Waals surface area contributed by atoms with Crippen LogP contribution in [0.25, 0.3) is 0 Å². The van der Waals surface area contributed by atoms with Gasteiger partial charge in [-0.15, -0.1) is 11.6 Å². The van der Waals surface area contributed by atoms with E-state index in [0.717, 1.165) is 0 Å². The number of carbonyl (C=O) groups excluding carboxylic acids is 1. The molecule has 0 N–H and O–H groups in total. The zero-order valence-corrected chi connectivity index (χ0v) is 11.0. The molecule has 0 aromatic heterocycles. The van der Waals surface area contributed by atoms with Crippen LogP contribution in [0.5, 0.6) is 5.75 Å². The molecule has 0 fully saturated rings. The number of rotatable bonds is 4. The Morgan fingerprint density at radius 3 is 2.65 bits per heavy atom. The topological polar surface area (TPSA) is 35.5 Å². The molecule has 0 spiro atoms. The van der Waals surface area contributed by atoms with Crippen LogP contribution in [0.2, 0.25) is 0 Å². The number of carbonyl (C=O) groups is 1. The minimum atomic E-state index is -2.98. The molecule has 1 rings (SSSR count). The van der Waals surface area contributed by atoms with Crippen molar-refractivity contribution < 1.29 is 23.0 Å². The molecule has 0 radical (unpaired) electrons. The lowest BCUT2D eigenvalue weighted by atomic mass is 10.1. The number of ether oxygens (including phenoxy) is 2. The summed E-state index contributed by atoms with van der Waals surface area (Å²) in [5.74, 6) is -0.807. The van der Waals surface area contributed by atoms with Crippen LogP contribution in [0.3, 0.4) is 0 Å². The summed E-state index contributed by atoms with van der Waals surface area (Å²) in [7, 11) is 1.19. The summed E-state index contributed by atoms with van der Waals surface area (Å²) < 4.78 is 33.5. The van der Waals surface area contributed by atoms with E-state index < -0.39 is 12.6 Å². The van der Waals surface area contributed by atoms with Crippen LogP contribution in [0.15, 0.2) is 16.6 Å². The Morgan fingerprint density at radius 2 is 2.18 bits per heavy atom. The molecular formula is C10H8BrClF2O3. The highest BCUT2D eigenvalue weighted by Crippen LogP contribution is 2.30. The van der Waals surface area contributed by atoms with Crippen molar-refractivity contribution in [3.63, 3.8) is 0 Å². The standard InChI is InChI=1S/C10H8BrClF2O3/c1-16-9(15)6-3-8(17-10(13)14)5(4-12)2-7(6)11/h2-3,10H,4H2,1H3. The predicted octanol–water partition coefficient (Wildman–Crippen LogP) is 3.58. The summed E-state index contributed by atoms with van der Waals surface area (Å²) in [6, 6.07) is 2.61. The van der Waals surface area contributed by atoms with Crippen molar-refractivity contribution in [1.29, 1.82) is 0 Å². The number of esters is 1. The molecule has 0 bridgehead atoms. The van der Waals surface area contributed by atoms with Gasteiger partial charge in [-0.1, -0.05) is 0 Å². The normalized spacial score (nSPS) is 10.5. The molecule has 94 valence electrons. The summed E-state index contributed by atoms with van der Waals surface area (Å²) >= 11 is 8.72. The zero-order chi connectivity index (χ0) is 13.0. The van der Waals surface area contributed by atoms with Gasteiger partial charge in [0.1, 0.15) is 5.75 Å². The zero-order valence-electron chi connectivity index (χ0n) is 8.68. The van der Waals surface area contributed by atoms with E-state index in [-0.39, 0.29) is 17.2 Å². The lowest BCUT2D eigenvalue weighted by molar-refractivity contribution is -0.0504. The van der Waals surface area contributed by atoms with E-state index in [0.29, 0.717) is 10.0 Å². The highest BCUT2D eigenvalue weighted by molar-refractivity contribution is 9.10. The molecule has 0 heterocycles. The first-order valence-electron chi connectivity index (χ1n) is 4.41. The van der Waals surface area contributed by atoms with Crippen LogP contribution in [0.4, 0.5) is 8.78 Å². The summed E-state index contributed by atoms with van der Waals surface area (Å²) in [4.78, 5) is 11.3. The molecule has 17 heavy (non-hydrogen) atoms. The van der Waals surface area contributed by atoms with Gasteiger partial charge in [0, 0.05) is 10.0 Å². The third-order valence-electron chi connectivity index (χ3n) is 1.92. The molecule has 0 saturated carbocycles. The van der Waals surface area contributed by atoms with Crippen molar-refractivity contribution in [2.24, 2.45) is 0 Å². The Balaban J connectivity index is 3.22. The average molecular weight is 330 g/mol. The highest BCUT2D eigenvalue weighted by Gasteiger charge is 2.17. The first-order chi connectivity index (χ1) is 7.99. The van der Waals surface area contributed by atoms with Gasteiger partial charge in [-0.25, -0.2) is 4.79 Å². The largest absolute Gasteiger partial charge is 0.465 e. The Hall–Kier alpha value is -0.880. The molecule has 0 saturated heterocycles. The van der Waals surface area contributed by atoms with Crippen LogP contribution in [0, 0.1) is 0 Å². The van der Waals surface area contributed by atoms with Crippen molar-refractivity contribution >= 4 is 33.5 Å². The lowest BCUT2D eigenvalue weighted by Crippen LogP contribution is -2.08. The SMILES string of the molecule is COC(=O)c1cc(OC(F)F)c(CCl)cc1Br. The molecule has 1 aromatic carbocycles. The van der Waals surface area contributed by atoms with E-state index in [1.807, 2.05) is 0 Å². The third-order valence-corrected chi connectivity index (χ3v) is 2.86. The van der Waals surface area contributed by atoms with Gasteiger partial charge in [0.15, 0.2) is 0 Å². The van der Waals surface area contributed by atoms with Gasteiger partial charge in [-0.2, -0.15) is 8.78 Å². The van der Waals surface area contributed by atoms with Crippen LogP contribution >= 0.6 is 27.5 Å². The smallest absolute Gasteiger partial charge is 0.387 e. The first kappa shape index (κ1) is 14.2. The number of alkyl halides is 3. The van der Waals surface area contributed by atoms with Crippen molar-refractivity contribution in [3.8, 4) is 5.75 Å². The quantitative estimate of drug-likeness (QED) is 0.626. The minimum absolute atomic E-state index is 0.0118. The fraction of sp³-hybridized carbons (Fsp3) is 0.300. The summed E-state index contributed by atoms with van der Waals surface area (Å²) in [5, 5.41) is 0. The van der Waals surface area contributed by atoms with Crippen molar-refractivity contribution in [2.75, 3.05) is 7.11 Å². The molecular weight excluding hydrogens is 321 g/mol. The van der Waals surface area contributed by atoms with Gasteiger partial charge in [0.2, 0.25) is 0 Å². The average Bonchev–Trinajstić information content (AvgIpc) is 2.29. The number of halogens is 4. The Kier molecular flexibility index (Phi) is 5.14. The Morgan fingerprint density at radius 1 is 1.53 bits per heavy atom. The van der Waals surface area contributed by atoms with E-state index in [4.69, 9.17) is 11.6 Å². The van der Waals surface area contributed by atoms with Gasteiger partial charge in [-0.3, -0.25) is 0 Å². The second kappa shape index (κ2) is 6.16. The molecule has 0 unspecified atom stereocenters. The van der Waals surface area contributed by atoms with Crippen molar-refractivity contribution in [1.82, 2.24) is 0 Å². The number of hydrogen-bond acceptors (Lipinski definition) is 3. The second-order valence-corrected chi connectivity index (χ2v) is 4.07. The van der Waals surface area contributed by atoms with Gasteiger partial charge >= 0.3 is 12.6 Å². The fourth-order valence-electron chi connectivity index (χ4n) is 1.17. The third kappa shape index (κ3) is 3.54. The van der Waals surface area contributed by atoms with Crippen molar-refractivity contribution in [2.45, 2.75) is 12.5 Å². The lowest BCUT2D eigenvalue weighted by Gasteiger charge is -2.11. The summed E-state index contributed by atoms with van der Waals surface area (Å²) in [6.07, 6.45) is 0. The van der Waals surface area contributed by atoms with E-state index in [2.05, 4.69) is 25.4 Å². The summed E-state index contributed by atoms with van der Waals surface area (Å²) in [6.45, 7) is -2.98. The molecule has 0 aliphatic rings. The van der Waals surface area contributed by atoms with Crippen LogP contribution in [0.1, 0.15) is 15.9 Å². The molecule has 0 aliphatic heterocycles. The maximum absolute atomic E-state index is 12.2. The maximum atomic E-state index is 12.2. The molecule has 7 heteroatoms. The van der Waals surface area contributed by atoms with E-state index in [1.165, 1.54) is 19.2 Å². The van der Waals surface area contributed by atoms with Gasteiger partial charge in [0.05, 0.1) is 18.6 Å². The molecule has 0 amide bonds. The first-order valence-corrected chi connectivity index (χ1v) is 5.73. The predicted molar refractivity (Wildman–Crippen MR) is 61.7 cm³/mol. The minimum Gasteiger partial charge on any atom is -0.465 e. The maximum Gasteiger partial charge on any atom is 0.387 e. The molecule has 3 nitrogen and oxygen atoms in total. The van der Waals surface area contributed by atoms with E-state index in [9.17, 15) is 13.6 Å². The van der Waals surface area contributed by atoms with Crippen molar-refractivity contribution in [3.05, 3.63) is 27.7 Å². The Bertz CT molecular complexity index is 426. The highest BCUT2D eigenvalue weighted by atomic mass is 79.9. The number of benzene rings is 1. The van der Waals surface area contributed by atoms with Gasteiger partial charge < -0.3 is 9.47 Å². The van der Waals surface area contributed by atoms with E-state index in [1.54, 1.807) is 0 Å². The fourth-order valence-corrected chi connectivity index (χ4v) is 1.93. The molecule has 1 aromatic rings. The van der Waals surface area contributed by atoms with Gasteiger partial charge in [-0.05, 0) is 28.1 Å². The number of hydrogen-bond donors (Lipinski definition) is 0. The Labute approximate surface area is 110 Å². The van der Waals surface area contributed by atoms with Crippen LogP contribution in [-0.2, 0) is 10.6 Å². The second-order valence-electron chi connectivity index (χ2n) is 2.94. The monoisotopic (exact) mass is 328 g/mol. The summed E-state index contributed by atoms with van der Waals surface area (Å²) in [5.41, 5.74) is 0.448. The van der Waals surface area contributed by atoms with Gasteiger partial charge in [0.25, 0.3) is 0 Å². The van der Waals surface area contributed by atoms with Crippen LogP contribution < -0.4 is 4.74 Å². The molecule has 0 aliphatic carbocycles. The van der Waals surface area contributed by atoms with Crippen LogP contribution in [-0.4, -0.2) is 19.7 Å². The number of methoxy groups -OCH3 is 1.